The van der Waals surface area contributed by atoms with Crippen molar-refractivity contribution in [1.29, 1.82) is 0 Å². The van der Waals surface area contributed by atoms with E-state index in [-0.39, 0.29) is 11.8 Å². The molecule has 17 heavy (non-hydrogen) atoms. The molecule has 1 aliphatic heterocycles. The van der Waals surface area contributed by atoms with E-state index in [1.54, 1.807) is 0 Å². The van der Waals surface area contributed by atoms with E-state index in [1.807, 2.05) is 11.7 Å². The van der Waals surface area contributed by atoms with E-state index < -0.39 is 9.84 Å². The summed E-state index contributed by atoms with van der Waals surface area (Å²) < 4.78 is 24.5. The van der Waals surface area contributed by atoms with Crippen LogP contribution in [0.15, 0.2) is 6.07 Å². The molecule has 1 atom stereocenters. The first kappa shape index (κ1) is 12.6. The lowest BCUT2D eigenvalue weighted by atomic mass is 10.2. The summed E-state index contributed by atoms with van der Waals surface area (Å²) in [5, 5.41) is 7.65. The molecule has 0 amide bonds. The molecule has 1 saturated heterocycles. The van der Waals surface area contributed by atoms with Crippen molar-refractivity contribution in [2.45, 2.75) is 32.4 Å². The Kier molecular flexibility index (Phi) is 3.53. The first-order valence-corrected chi connectivity index (χ1v) is 7.78. The van der Waals surface area contributed by atoms with Gasteiger partial charge in [0.1, 0.15) is 0 Å². The molecule has 1 fully saturated rings. The van der Waals surface area contributed by atoms with E-state index in [4.69, 9.17) is 0 Å². The second-order valence-electron chi connectivity index (χ2n) is 4.59. The minimum absolute atomic E-state index is 0.0972. The predicted molar refractivity (Wildman–Crippen MR) is 66.5 cm³/mol. The lowest BCUT2D eigenvalue weighted by Gasteiger charge is -2.10. The molecule has 1 aliphatic rings. The molecule has 1 N–H and O–H groups in total. The van der Waals surface area contributed by atoms with Gasteiger partial charge in [-0.15, -0.1) is 0 Å². The van der Waals surface area contributed by atoms with E-state index in [9.17, 15) is 8.42 Å². The standard InChI is InChI=1S/C11H19N3O2S/c1-3-9-6-11(14(2)13-9)7-12-10-4-5-17(15,16)8-10/h6,10,12H,3-5,7-8H2,1-2H3. The molecular formula is C11H19N3O2S. The summed E-state index contributed by atoms with van der Waals surface area (Å²) in [6.07, 6.45) is 1.65. The zero-order valence-electron chi connectivity index (χ0n) is 10.3. The number of nitrogens with one attached hydrogen (secondary N) is 1. The van der Waals surface area contributed by atoms with E-state index in [2.05, 4.69) is 23.4 Å². The number of sulfone groups is 1. The SMILES string of the molecule is CCc1cc(CNC2CCS(=O)(=O)C2)n(C)n1. The van der Waals surface area contributed by atoms with Gasteiger partial charge in [-0.3, -0.25) is 4.68 Å². The van der Waals surface area contributed by atoms with Gasteiger partial charge in [0.2, 0.25) is 0 Å². The Bertz CT molecular complexity index is 493. The third-order valence-corrected chi connectivity index (χ3v) is 4.96. The van der Waals surface area contributed by atoms with Crippen LogP contribution >= 0.6 is 0 Å². The highest BCUT2D eigenvalue weighted by molar-refractivity contribution is 7.91. The molecule has 0 spiro atoms. The van der Waals surface area contributed by atoms with Crippen LogP contribution in [0.1, 0.15) is 24.7 Å². The van der Waals surface area contributed by atoms with Crippen molar-refractivity contribution in [2.24, 2.45) is 7.05 Å². The maximum atomic E-state index is 11.3. The van der Waals surface area contributed by atoms with Crippen LogP contribution in [0.5, 0.6) is 0 Å². The molecule has 2 rings (SSSR count). The highest BCUT2D eigenvalue weighted by Gasteiger charge is 2.27. The largest absolute Gasteiger partial charge is 0.307 e. The number of hydrogen-bond donors (Lipinski definition) is 1. The number of nitrogens with zero attached hydrogens (tertiary/aromatic N) is 2. The molecule has 0 bridgehead atoms. The minimum Gasteiger partial charge on any atom is -0.307 e. The van der Waals surface area contributed by atoms with E-state index in [1.165, 1.54) is 0 Å². The third-order valence-electron chi connectivity index (χ3n) is 3.19. The van der Waals surface area contributed by atoms with Gasteiger partial charge in [-0.05, 0) is 18.9 Å². The Labute approximate surface area is 102 Å². The van der Waals surface area contributed by atoms with Crippen LogP contribution in [0.3, 0.4) is 0 Å². The zero-order chi connectivity index (χ0) is 12.5. The minimum atomic E-state index is -2.79. The van der Waals surface area contributed by atoms with Crippen molar-refractivity contribution in [3.8, 4) is 0 Å². The van der Waals surface area contributed by atoms with Gasteiger partial charge in [-0.2, -0.15) is 5.10 Å². The number of aromatic nitrogens is 2. The molecule has 96 valence electrons. The average Bonchev–Trinajstić information content (AvgIpc) is 2.79. The molecule has 2 heterocycles. The lowest BCUT2D eigenvalue weighted by Crippen LogP contribution is -2.30. The van der Waals surface area contributed by atoms with Crippen LogP contribution in [0.4, 0.5) is 0 Å². The molecule has 0 aromatic carbocycles. The van der Waals surface area contributed by atoms with Crippen molar-refractivity contribution in [1.82, 2.24) is 15.1 Å². The van der Waals surface area contributed by atoms with E-state index in [0.717, 1.165) is 24.2 Å². The highest BCUT2D eigenvalue weighted by Crippen LogP contribution is 2.12. The van der Waals surface area contributed by atoms with Crippen LogP contribution < -0.4 is 5.32 Å². The molecule has 1 unspecified atom stereocenters. The number of aryl methyl sites for hydroxylation is 2. The fraction of sp³-hybridized carbons (Fsp3) is 0.727. The van der Waals surface area contributed by atoms with Crippen LogP contribution in [0, 0.1) is 0 Å². The van der Waals surface area contributed by atoms with Crippen LogP contribution in [0.2, 0.25) is 0 Å². The van der Waals surface area contributed by atoms with E-state index in [0.29, 0.717) is 12.3 Å². The summed E-state index contributed by atoms with van der Waals surface area (Å²) >= 11 is 0. The van der Waals surface area contributed by atoms with Gasteiger partial charge in [0.25, 0.3) is 0 Å². The second kappa shape index (κ2) is 4.78. The molecule has 0 aliphatic carbocycles. The van der Waals surface area contributed by atoms with Gasteiger partial charge in [0.05, 0.1) is 22.9 Å². The summed E-state index contributed by atoms with van der Waals surface area (Å²) in [6.45, 7) is 2.76. The topological polar surface area (TPSA) is 64.0 Å². The first-order valence-electron chi connectivity index (χ1n) is 5.96. The maximum absolute atomic E-state index is 11.3. The van der Waals surface area contributed by atoms with Gasteiger partial charge < -0.3 is 5.32 Å². The maximum Gasteiger partial charge on any atom is 0.151 e. The van der Waals surface area contributed by atoms with Gasteiger partial charge in [0.15, 0.2) is 9.84 Å². The Hall–Kier alpha value is -0.880. The average molecular weight is 257 g/mol. The highest BCUT2D eigenvalue weighted by atomic mass is 32.2. The second-order valence-corrected chi connectivity index (χ2v) is 6.81. The predicted octanol–water partition coefficient (Wildman–Crippen LogP) is 0.259. The van der Waals surface area contributed by atoms with Gasteiger partial charge in [-0.25, -0.2) is 8.42 Å². The van der Waals surface area contributed by atoms with Crippen molar-refractivity contribution < 1.29 is 8.42 Å². The normalized spacial score (nSPS) is 23.1. The smallest absolute Gasteiger partial charge is 0.151 e. The molecule has 5 nitrogen and oxygen atoms in total. The fourth-order valence-corrected chi connectivity index (χ4v) is 3.82. The molecule has 1 aromatic heterocycles. The Morgan fingerprint density at radius 1 is 1.59 bits per heavy atom. The zero-order valence-corrected chi connectivity index (χ0v) is 11.1. The molecule has 0 radical (unpaired) electrons. The molecule has 6 heteroatoms. The lowest BCUT2D eigenvalue weighted by molar-refractivity contribution is 0.533. The van der Waals surface area contributed by atoms with Gasteiger partial charge in [-0.1, -0.05) is 6.92 Å². The van der Waals surface area contributed by atoms with Crippen molar-refractivity contribution >= 4 is 9.84 Å². The van der Waals surface area contributed by atoms with Crippen molar-refractivity contribution in [3.63, 3.8) is 0 Å². The van der Waals surface area contributed by atoms with Crippen molar-refractivity contribution in [3.05, 3.63) is 17.5 Å². The Balaban J connectivity index is 1.92. The summed E-state index contributed by atoms with van der Waals surface area (Å²) in [5.41, 5.74) is 2.18. The van der Waals surface area contributed by atoms with Gasteiger partial charge >= 0.3 is 0 Å². The fourth-order valence-electron chi connectivity index (χ4n) is 2.11. The quantitative estimate of drug-likeness (QED) is 0.840. The summed E-state index contributed by atoms with van der Waals surface area (Å²) in [7, 11) is -0.876. The molecule has 1 aromatic rings. The van der Waals surface area contributed by atoms with Gasteiger partial charge in [0, 0.05) is 19.6 Å². The monoisotopic (exact) mass is 257 g/mol. The number of rotatable bonds is 4. The van der Waals surface area contributed by atoms with E-state index >= 15 is 0 Å². The number of hydrogen-bond acceptors (Lipinski definition) is 4. The van der Waals surface area contributed by atoms with Crippen LogP contribution in [0.25, 0.3) is 0 Å². The summed E-state index contributed by atoms with van der Waals surface area (Å²) in [5.74, 6) is 0.585. The van der Waals surface area contributed by atoms with Crippen LogP contribution in [-0.4, -0.2) is 35.7 Å². The Morgan fingerprint density at radius 3 is 2.88 bits per heavy atom. The Morgan fingerprint density at radius 2 is 2.35 bits per heavy atom. The van der Waals surface area contributed by atoms with Crippen LogP contribution in [-0.2, 0) is 29.9 Å². The summed E-state index contributed by atoms with van der Waals surface area (Å²) in [6, 6.07) is 2.16. The molecule has 0 saturated carbocycles. The molecular weight excluding hydrogens is 238 g/mol. The first-order chi connectivity index (χ1) is 8.00. The summed E-state index contributed by atoms with van der Waals surface area (Å²) in [4.78, 5) is 0. The third kappa shape index (κ3) is 3.07. The van der Waals surface area contributed by atoms with Crippen molar-refractivity contribution in [2.75, 3.05) is 11.5 Å².